The fourth-order valence-electron chi connectivity index (χ4n) is 2.94. The van der Waals surface area contributed by atoms with Gasteiger partial charge in [-0.05, 0) is 18.2 Å². The van der Waals surface area contributed by atoms with Crippen LogP contribution in [0.5, 0.6) is 5.75 Å². The Morgan fingerprint density at radius 1 is 1.21 bits per heavy atom. The first-order valence-corrected chi connectivity index (χ1v) is 12.3. The molecule has 1 N–H and O–H groups in total. The number of carbonyl (C=O) groups is 1. The number of nitrogens with zero attached hydrogens (tertiary/aromatic N) is 2. The van der Waals surface area contributed by atoms with Gasteiger partial charge < -0.3 is 9.47 Å². The zero-order chi connectivity index (χ0) is 20.5. The van der Waals surface area contributed by atoms with E-state index in [-0.39, 0.29) is 28.6 Å². The van der Waals surface area contributed by atoms with E-state index in [0.717, 1.165) is 10.6 Å². The van der Waals surface area contributed by atoms with Crippen molar-refractivity contribution < 1.29 is 31.1 Å². The Morgan fingerprint density at radius 3 is 2.50 bits per heavy atom. The molecule has 0 aliphatic carbocycles. The van der Waals surface area contributed by atoms with Gasteiger partial charge in [0.25, 0.3) is 5.91 Å². The van der Waals surface area contributed by atoms with Gasteiger partial charge in [-0.3, -0.25) is 14.5 Å². The van der Waals surface area contributed by atoms with Crippen molar-refractivity contribution >= 4 is 31.5 Å². The van der Waals surface area contributed by atoms with Gasteiger partial charge in [0.05, 0.1) is 42.4 Å². The zero-order valence-electron chi connectivity index (χ0n) is 15.6. The standard InChI is InChI=1S/C16H23N3O7S2/c1-3-28(23,24)12-4-5-14-13(10-12)19(27(2,21)22)11-15(26-14)16(20)17-18-6-8-25-9-7-18/h4-5,10,15H,3,6-9,11H2,1-2H3,(H,17,20)/t15-/m0/s1. The summed E-state index contributed by atoms with van der Waals surface area (Å²) in [6.45, 7) is 3.26. The van der Waals surface area contributed by atoms with Gasteiger partial charge in [0.1, 0.15) is 5.75 Å². The summed E-state index contributed by atoms with van der Waals surface area (Å²) in [5.74, 6) is -0.462. The Balaban J connectivity index is 1.89. The fraction of sp³-hybridized carbons (Fsp3) is 0.562. The molecule has 1 saturated heterocycles. The molecule has 0 aromatic heterocycles. The maximum absolute atomic E-state index is 12.6. The maximum Gasteiger partial charge on any atom is 0.277 e. The molecule has 12 heteroatoms. The van der Waals surface area contributed by atoms with Crippen LogP contribution in [0.3, 0.4) is 0 Å². The second kappa shape index (κ2) is 7.85. The number of carbonyl (C=O) groups excluding carboxylic acids is 1. The molecule has 2 aliphatic heterocycles. The highest BCUT2D eigenvalue weighted by atomic mass is 32.2. The van der Waals surface area contributed by atoms with E-state index in [1.165, 1.54) is 25.1 Å². The van der Waals surface area contributed by atoms with Gasteiger partial charge >= 0.3 is 0 Å². The third kappa shape index (κ3) is 4.40. The maximum atomic E-state index is 12.6. The second-order valence-electron chi connectivity index (χ2n) is 6.51. The molecule has 1 aromatic rings. The average Bonchev–Trinajstić information content (AvgIpc) is 2.66. The predicted molar refractivity (Wildman–Crippen MR) is 101 cm³/mol. The highest BCUT2D eigenvalue weighted by molar-refractivity contribution is 7.92. The Bertz CT molecular complexity index is 956. The SMILES string of the molecule is CCS(=O)(=O)c1ccc2c(c1)N(S(C)(=O)=O)C[C@@H](C(=O)NN1CCOCC1)O2. The summed E-state index contributed by atoms with van der Waals surface area (Å²) in [7, 11) is -7.29. The van der Waals surface area contributed by atoms with Crippen molar-refractivity contribution in [3.8, 4) is 5.75 Å². The van der Waals surface area contributed by atoms with Crippen molar-refractivity contribution in [1.29, 1.82) is 0 Å². The number of ether oxygens (including phenoxy) is 2. The number of fused-ring (bicyclic) bond motifs is 1. The van der Waals surface area contributed by atoms with Crippen LogP contribution in [0.2, 0.25) is 0 Å². The van der Waals surface area contributed by atoms with Crippen LogP contribution in [-0.2, 0) is 29.4 Å². The van der Waals surface area contributed by atoms with Crippen molar-refractivity contribution in [2.24, 2.45) is 0 Å². The van der Waals surface area contributed by atoms with Gasteiger partial charge in [0.2, 0.25) is 10.0 Å². The molecule has 156 valence electrons. The molecule has 28 heavy (non-hydrogen) atoms. The number of hydrogen-bond donors (Lipinski definition) is 1. The molecule has 1 fully saturated rings. The lowest BCUT2D eigenvalue weighted by molar-refractivity contribution is -0.134. The molecule has 0 bridgehead atoms. The summed E-state index contributed by atoms with van der Waals surface area (Å²) in [5.41, 5.74) is 2.81. The molecule has 2 aliphatic rings. The molecule has 10 nitrogen and oxygen atoms in total. The number of sulfonamides is 1. The third-order valence-electron chi connectivity index (χ3n) is 4.51. The van der Waals surface area contributed by atoms with E-state index in [2.05, 4.69) is 5.43 Å². The number of hydrogen-bond acceptors (Lipinski definition) is 8. The van der Waals surface area contributed by atoms with Crippen molar-refractivity contribution in [2.75, 3.05) is 49.2 Å². The van der Waals surface area contributed by atoms with Crippen LogP contribution in [0.15, 0.2) is 23.1 Å². The summed E-state index contributed by atoms with van der Waals surface area (Å²) in [6, 6.07) is 4.00. The molecule has 0 unspecified atom stereocenters. The van der Waals surface area contributed by atoms with E-state index >= 15 is 0 Å². The molecule has 0 spiro atoms. The van der Waals surface area contributed by atoms with Gasteiger partial charge in [-0.25, -0.2) is 21.8 Å². The predicted octanol–water partition coefficient (Wildman–Crippen LogP) is -0.629. The van der Waals surface area contributed by atoms with Crippen LogP contribution >= 0.6 is 0 Å². The quantitative estimate of drug-likeness (QED) is 0.651. The molecule has 0 saturated carbocycles. The second-order valence-corrected chi connectivity index (χ2v) is 10.7. The lowest BCUT2D eigenvalue weighted by atomic mass is 10.2. The van der Waals surface area contributed by atoms with E-state index in [0.29, 0.717) is 26.3 Å². The first kappa shape index (κ1) is 20.8. The number of hydrazine groups is 1. The molecule has 2 heterocycles. The first-order valence-electron chi connectivity index (χ1n) is 8.76. The van der Waals surface area contributed by atoms with Crippen LogP contribution in [0.25, 0.3) is 0 Å². The average molecular weight is 434 g/mol. The van der Waals surface area contributed by atoms with E-state index in [1.807, 2.05) is 0 Å². The Morgan fingerprint density at radius 2 is 1.89 bits per heavy atom. The van der Waals surface area contributed by atoms with Crippen molar-refractivity contribution in [3.63, 3.8) is 0 Å². The lowest BCUT2D eigenvalue weighted by Crippen LogP contribution is -2.56. The number of nitrogens with one attached hydrogen (secondary N) is 1. The van der Waals surface area contributed by atoms with Crippen molar-refractivity contribution in [1.82, 2.24) is 10.4 Å². The topological polar surface area (TPSA) is 122 Å². The molecular weight excluding hydrogens is 410 g/mol. The summed E-state index contributed by atoms with van der Waals surface area (Å²) < 4.78 is 60.8. The van der Waals surface area contributed by atoms with Crippen LogP contribution in [0, 0.1) is 0 Å². The summed E-state index contributed by atoms with van der Waals surface area (Å²) >= 11 is 0. The monoisotopic (exact) mass is 433 g/mol. The smallest absolute Gasteiger partial charge is 0.277 e. The summed E-state index contributed by atoms with van der Waals surface area (Å²) in [4.78, 5) is 12.6. The van der Waals surface area contributed by atoms with Gasteiger partial charge in [-0.1, -0.05) is 6.92 Å². The molecule has 3 rings (SSSR count). The van der Waals surface area contributed by atoms with Crippen LogP contribution in [-0.4, -0.2) is 78.7 Å². The number of benzene rings is 1. The van der Waals surface area contributed by atoms with E-state index in [1.54, 1.807) is 5.01 Å². The Kier molecular flexibility index (Phi) is 5.84. The lowest BCUT2D eigenvalue weighted by Gasteiger charge is -2.35. The van der Waals surface area contributed by atoms with Crippen LogP contribution < -0.4 is 14.5 Å². The van der Waals surface area contributed by atoms with Crippen LogP contribution in [0.1, 0.15) is 6.92 Å². The number of morpholine rings is 1. The summed E-state index contributed by atoms with van der Waals surface area (Å²) in [5, 5.41) is 1.69. The highest BCUT2D eigenvalue weighted by Crippen LogP contribution is 2.37. The molecule has 1 atom stereocenters. The molecule has 0 radical (unpaired) electrons. The Hall–Kier alpha value is -1.89. The van der Waals surface area contributed by atoms with E-state index in [9.17, 15) is 21.6 Å². The minimum absolute atomic E-state index is 0.00205. The number of amides is 1. The highest BCUT2D eigenvalue weighted by Gasteiger charge is 2.36. The van der Waals surface area contributed by atoms with Gasteiger partial charge in [0, 0.05) is 13.1 Å². The molecular formula is C16H23N3O7S2. The number of sulfone groups is 1. The first-order chi connectivity index (χ1) is 13.1. The van der Waals surface area contributed by atoms with E-state index in [4.69, 9.17) is 9.47 Å². The van der Waals surface area contributed by atoms with Gasteiger partial charge in [-0.2, -0.15) is 0 Å². The minimum atomic E-state index is -3.76. The minimum Gasteiger partial charge on any atom is -0.476 e. The van der Waals surface area contributed by atoms with Crippen molar-refractivity contribution in [3.05, 3.63) is 18.2 Å². The normalized spacial score (nSPS) is 20.9. The van der Waals surface area contributed by atoms with E-state index < -0.39 is 31.9 Å². The number of rotatable bonds is 5. The Labute approximate surface area is 164 Å². The third-order valence-corrected chi connectivity index (χ3v) is 7.39. The molecule has 1 amide bonds. The van der Waals surface area contributed by atoms with Gasteiger partial charge in [-0.15, -0.1) is 0 Å². The fourth-order valence-corrected chi connectivity index (χ4v) is 4.75. The largest absolute Gasteiger partial charge is 0.476 e. The van der Waals surface area contributed by atoms with Gasteiger partial charge in [0.15, 0.2) is 15.9 Å². The zero-order valence-corrected chi connectivity index (χ0v) is 17.3. The molecule has 1 aromatic carbocycles. The summed E-state index contributed by atoms with van der Waals surface area (Å²) in [6.07, 6.45) is -0.0706. The van der Waals surface area contributed by atoms with Crippen molar-refractivity contribution in [2.45, 2.75) is 17.9 Å². The van der Waals surface area contributed by atoms with Crippen LogP contribution in [0.4, 0.5) is 5.69 Å². The number of anilines is 1.